The molecule has 1 N–H and O–H groups in total. The third kappa shape index (κ3) is 6.08. The van der Waals surface area contributed by atoms with E-state index in [9.17, 15) is 14.7 Å². The summed E-state index contributed by atoms with van der Waals surface area (Å²) in [6.07, 6.45) is 0.407. The van der Waals surface area contributed by atoms with Crippen molar-refractivity contribution >= 4 is 11.9 Å². The number of nitrogens with zero attached hydrogens (tertiary/aromatic N) is 1. The summed E-state index contributed by atoms with van der Waals surface area (Å²) >= 11 is 0. The zero-order chi connectivity index (χ0) is 27.2. The van der Waals surface area contributed by atoms with Gasteiger partial charge in [0.05, 0.1) is 13.2 Å². The number of carboxylic acid groups (broad SMARTS) is 1. The first-order valence-electron chi connectivity index (χ1n) is 13.2. The number of ether oxygens (including phenoxy) is 4. The quantitative estimate of drug-likeness (QED) is 0.433. The van der Waals surface area contributed by atoms with E-state index >= 15 is 0 Å². The Morgan fingerprint density at radius 3 is 2.36 bits per heavy atom. The number of hydrogen-bond donors (Lipinski definition) is 1. The molecule has 0 aliphatic carbocycles. The number of methoxy groups -OCH3 is 1. The molecule has 3 aromatic carbocycles. The SMILES string of the molecule is COc1ccc2c(c1OCc1ccccc1)C[C@H](C(=O)O)N(C(=O)[C@@H](OC1CCOCC1)c1ccccc1)C2. The Morgan fingerprint density at radius 2 is 1.69 bits per heavy atom. The molecule has 1 saturated heterocycles. The molecule has 0 radical (unpaired) electrons. The molecule has 5 rings (SSSR count). The summed E-state index contributed by atoms with van der Waals surface area (Å²) in [6.45, 7) is 1.58. The predicted octanol–water partition coefficient (Wildman–Crippen LogP) is 4.55. The average molecular weight is 532 g/mol. The smallest absolute Gasteiger partial charge is 0.326 e. The van der Waals surface area contributed by atoms with Crippen molar-refractivity contribution < 1.29 is 33.6 Å². The monoisotopic (exact) mass is 531 g/mol. The van der Waals surface area contributed by atoms with Crippen molar-refractivity contribution in [3.8, 4) is 11.5 Å². The molecule has 0 spiro atoms. The van der Waals surface area contributed by atoms with Crippen LogP contribution in [-0.2, 0) is 38.6 Å². The van der Waals surface area contributed by atoms with E-state index in [1.54, 1.807) is 13.2 Å². The minimum atomic E-state index is -1.08. The van der Waals surface area contributed by atoms with E-state index in [1.165, 1.54) is 4.90 Å². The van der Waals surface area contributed by atoms with Crippen LogP contribution in [0.1, 0.15) is 41.2 Å². The van der Waals surface area contributed by atoms with Gasteiger partial charge in [0.25, 0.3) is 5.91 Å². The fourth-order valence-electron chi connectivity index (χ4n) is 5.18. The molecule has 0 bridgehead atoms. The average Bonchev–Trinajstić information content (AvgIpc) is 2.99. The van der Waals surface area contributed by atoms with Crippen LogP contribution >= 0.6 is 0 Å². The molecule has 0 unspecified atom stereocenters. The van der Waals surface area contributed by atoms with Gasteiger partial charge in [0.1, 0.15) is 12.6 Å². The molecule has 39 heavy (non-hydrogen) atoms. The van der Waals surface area contributed by atoms with Gasteiger partial charge in [-0.1, -0.05) is 66.7 Å². The van der Waals surface area contributed by atoms with Gasteiger partial charge < -0.3 is 29.0 Å². The molecule has 2 aliphatic heterocycles. The van der Waals surface area contributed by atoms with E-state index in [1.807, 2.05) is 66.7 Å². The molecule has 2 heterocycles. The molecule has 0 saturated carbocycles. The second kappa shape index (κ2) is 12.3. The highest BCUT2D eigenvalue weighted by molar-refractivity contribution is 5.88. The van der Waals surface area contributed by atoms with Gasteiger partial charge in [0.2, 0.25) is 0 Å². The normalized spacial score (nSPS) is 18.2. The lowest BCUT2D eigenvalue weighted by Crippen LogP contribution is -2.51. The van der Waals surface area contributed by atoms with Gasteiger partial charge in [0.15, 0.2) is 17.6 Å². The van der Waals surface area contributed by atoms with Gasteiger partial charge in [-0.05, 0) is 35.6 Å². The van der Waals surface area contributed by atoms with Gasteiger partial charge in [-0.25, -0.2) is 4.79 Å². The number of amides is 1. The Morgan fingerprint density at radius 1 is 1.00 bits per heavy atom. The fraction of sp³-hybridized carbons (Fsp3) is 0.355. The van der Waals surface area contributed by atoms with Crippen LogP contribution in [0.15, 0.2) is 72.8 Å². The second-order valence-corrected chi connectivity index (χ2v) is 9.77. The second-order valence-electron chi connectivity index (χ2n) is 9.77. The summed E-state index contributed by atoms with van der Waals surface area (Å²) in [5, 5.41) is 10.3. The molecule has 2 atom stereocenters. The largest absolute Gasteiger partial charge is 0.493 e. The van der Waals surface area contributed by atoms with Crippen molar-refractivity contribution in [1.29, 1.82) is 0 Å². The Labute approximate surface area is 228 Å². The maximum absolute atomic E-state index is 14.1. The fourth-order valence-corrected chi connectivity index (χ4v) is 5.18. The van der Waals surface area contributed by atoms with Crippen LogP contribution < -0.4 is 9.47 Å². The Kier molecular flexibility index (Phi) is 8.44. The van der Waals surface area contributed by atoms with Gasteiger partial charge in [-0.15, -0.1) is 0 Å². The van der Waals surface area contributed by atoms with E-state index in [2.05, 4.69) is 0 Å². The first kappa shape index (κ1) is 26.7. The predicted molar refractivity (Wildman–Crippen MR) is 144 cm³/mol. The molecule has 0 aromatic heterocycles. The number of hydrogen-bond acceptors (Lipinski definition) is 6. The topological polar surface area (TPSA) is 94.5 Å². The molecular weight excluding hydrogens is 498 g/mol. The molecule has 204 valence electrons. The van der Waals surface area contributed by atoms with Crippen molar-refractivity contribution in [2.45, 2.75) is 50.7 Å². The number of fused-ring (bicyclic) bond motifs is 1. The lowest BCUT2D eigenvalue weighted by atomic mass is 9.91. The number of rotatable bonds is 9. The van der Waals surface area contributed by atoms with Gasteiger partial charge in [0, 0.05) is 31.7 Å². The zero-order valence-electron chi connectivity index (χ0n) is 22.0. The van der Waals surface area contributed by atoms with E-state index in [-0.39, 0.29) is 25.0 Å². The maximum Gasteiger partial charge on any atom is 0.326 e. The maximum atomic E-state index is 14.1. The lowest BCUT2D eigenvalue weighted by molar-refractivity contribution is -0.162. The third-order valence-electron chi connectivity index (χ3n) is 7.27. The highest BCUT2D eigenvalue weighted by Gasteiger charge is 2.40. The van der Waals surface area contributed by atoms with Crippen molar-refractivity contribution in [2.24, 2.45) is 0 Å². The van der Waals surface area contributed by atoms with Crippen LogP contribution in [0.3, 0.4) is 0 Å². The van der Waals surface area contributed by atoms with Crippen LogP contribution in [0, 0.1) is 0 Å². The summed E-state index contributed by atoms with van der Waals surface area (Å²) in [4.78, 5) is 28.0. The Hall–Kier alpha value is -3.88. The van der Waals surface area contributed by atoms with Crippen LogP contribution in [0.4, 0.5) is 0 Å². The van der Waals surface area contributed by atoms with Crippen molar-refractivity contribution in [3.05, 3.63) is 95.1 Å². The molecular formula is C31H33NO7. The Balaban J connectivity index is 1.45. The summed E-state index contributed by atoms with van der Waals surface area (Å²) < 4.78 is 23.6. The van der Waals surface area contributed by atoms with E-state index < -0.39 is 18.1 Å². The third-order valence-corrected chi connectivity index (χ3v) is 7.27. The van der Waals surface area contributed by atoms with Gasteiger partial charge >= 0.3 is 5.97 Å². The minimum Gasteiger partial charge on any atom is -0.493 e. The molecule has 1 amide bonds. The number of carbonyl (C=O) groups is 2. The lowest BCUT2D eigenvalue weighted by Gasteiger charge is -2.38. The van der Waals surface area contributed by atoms with Crippen molar-refractivity contribution in [1.82, 2.24) is 4.90 Å². The zero-order valence-corrected chi connectivity index (χ0v) is 22.0. The summed E-state index contributed by atoms with van der Waals surface area (Å²) in [5.41, 5.74) is 3.24. The highest BCUT2D eigenvalue weighted by atomic mass is 16.5. The first-order valence-corrected chi connectivity index (χ1v) is 13.2. The molecule has 2 aliphatic rings. The van der Waals surface area contributed by atoms with E-state index in [4.69, 9.17) is 18.9 Å². The van der Waals surface area contributed by atoms with Gasteiger partial charge in [-0.2, -0.15) is 0 Å². The molecule has 8 nitrogen and oxygen atoms in total. The molecule has 3 aromatic rings. The Bertz CT molecular complexity index is 1270. The molecule has 8 heteroatoms. The summed E-state index contributed by atoms with van der Waals surface area (Å²) in [7, 11) is 1.56. The molecule has 1 fully saturated rings. The van der Waals surface area contributed by atoms with Crippen LogP contribution in [0.2, 0.25) is 0 Å². The number of carboxylic acids is 1. The van der Waals surface area contributed by atoms with E-state index in [0.717, 1.165) is 16.7 Å². The van der Waals surface area contributed by atoms with Crippen LogP contribution in [0.5, 0.6) is 11.5 Å². The number of carbonyl (C=O) groups excluding carboxylic acids is 1. The standard InChI is InChI=1S/C31H33NO7/c1-36-27-13-12-23-19-32(26(31(34)35)18-25(23)29(27)38-20-21-8-4-2-5-9-21)30(33)28(22-10-6-3-7-11-22)39-24-14-16-37-17-15-24/h2-13,24,26,28H,14-20H2,1H3,(H,34,35)/t26-,28+/m1/s1. The van der Waals surface area contributed by atoms with Crippen molar-refractivity contribution in [2.75, 3.05) is 20.3 Å². The van der Waals surface area contributed by atoms with Crippen molar-refractivity contribution in [3.63, 3.8) is 0 Å². The number of benzene rings is 3. The van der Waals surface area contributed by atoms with Crippen LogP contribution in [0.25, 0.3) is 0 Å². The summed E-state index contributed by atoms with van der Waals surface area (Å²) in [5.74, 6) is -0.411. The van der Waals surface area contributed by atoms with Gasteiger partial charge in [-0.3, -0.25) is 4.79 Å². The number of aliphatic carboxylic acids is 1. The summed E-state index contributed by atoms with van der Waals surface area (Å²) in [6, 6.07) is 21.6. The minimum absolute atomic E-state index is 0.0938. The van der Waals surface area contributed by atoms with Crippen LogP contribution in [-0.4, -0.2) is 54.4 Å². The highest BCUT2D eigenvalue weighted by Crippen LogP contribution is 2.40. The van der Waals surface area contributed by atoms with E-state index in [0.29, 0.717) is 49.7 Å². The first-order chi connectivity index (χ1) is 19.0.